The van der Waals surface area contributed by atoms with Crippen molar-refractivity contribution in [3.63, 3.8) is 0 Å². The minimum absolute atomic E-state index is 0.0900. The van der Waals surface area contributed by atoms with Crippen molar-refractivity contribution in [3.05, 3.63) is 47.3 Å². The number of benzene rings is 1. The summed E-state index contributed by atoms with van der Waals surface area (Å²) in [4.78, 5) is 27.1. The van der Waals surface area contributed by atoms with E-state index < -0.39 is 5.97 Å². The van der Waals surface area contributed by atoms with Crippen molar-refractivity contribution in [1.82, 2.24) is 14.7 Å². The molecule has 6 nitrogen and oxygen atoms in total. The summed E-state index contributed by atoms with van der Waals surface area (Å²) in [6.07, 6.45) is 5.80. The molecule has 0 unspecified atom stereocenters. The van der Waals surface area contributed by atoms with E-state index in [-0.39, 0.29) is 11.3 Å². The van der Waals surface area contributed by atoms with Crippen molar-refractivity contribution in [2.75, 3.05) is 19.7 Å². The van der Waals surface area contributed by atoms with Crippen LogP contribution in [0.4, 0.5) is 0 Å². The van der Waals surface area contributed by atoms with Crippen molar-refractivity contribution in [2.45, 2.75) is 65.2 Å². The fraction of sp³-hybridized carbons (Fsp3) is 0.542. The van der Waals surface area contributed by atoms with Crippen LogP contribution >= 0.6 is 0 Å². The van der Waals surface area contributed by atoms with E-state index in [9.17, 15) is 9.59 Å². The lowest BCUT2D eigenvalue weighted by Crippen LogP contribution is -2.33. The summed E-state index contributed by atoms with van der Waals surface area (Å²) in [5.74, 6) is -0.335. The van der Waals surface area contributed by atoms with Gasteiger partial charge in [0.25, 0.3) is 5.91 Å². The van der Waals surface area contributed by atoms with Gasteiger partial charge in [-0.1, -0.05) is 40.0 Å². The summed E-state index contributed by atoms with van der Waals surface area (Å²) in [7, 11) is 0. The molecule has 1 aliphatic rings. The van der Waals surface area contributed by atoms with Crippen LogP contribution in [-0.2, 0) is 10.2 Å². The second-order valence-electron chi connectivity index (χ2n) is 8.90. The molecule has 1 aromatic carbocycles. The fourth-order valence-electron chi connectivity index (χ4n) is 3.80. The van der Waals surface area contributed by atoms with Crippen LogP contribution in [0.2, 0.25) is 0 Å². The molecule has 0 saturated carbocycles. The first-order chi connectivity index (χ1) is 14.3. The molecule has 0 N–H and O–H groups in total. The molecule has 3 rings (SSSR count). The second-order valence-corrected chi connectivity index (χ2v) is 8.90. The summed E-state index contributed by atoms with van der Waals surface area (Å²) in [5.41, 5.74) is 2.50. The average molecular weight is 412 g/mol. The summed E-state index contributed by atoms with van der Waals surface area (Å²) in [6.45, 7) is 9.98. The molecule has 0 aliphatic carbocycles. The van der Waals surface area contributed by atoms with E-state index in [2.05, 4.69) is 25.9 Å². The molecule has 0 radical (unpaired) electrons. The van der Waals surface area contributed by atoms with Gasteiger partial charge in [0.1, 0.15) is 0 Å². The first-order valence-corrected chi connectivity index (χ1v) is 11.0. The zero-order valence-electron chi connectivity index (χ0n) is 18.6. The van der Waals surface area contributed by atoms with Crippen molar-refractivity contribution in [2.24, 2.45) is 0 Å². The molecular formula is C24H33N3O3. The highest BCUT2D eigenvalue weighted by Crippen LogP contribution is 2.26. The quantitative estimate of drug-likeness (QED) is 0.681. The maximum Gasteiger partial charge on any atom is 0.358 e. The second kappa shape index (κ2) is 9.45. The number of rotatable bonds is 4. The Bertz CT molecular complexity index is 870. The summed E-state index contributed by atoms with van der Waals surface area (Å²) in [6, 6.07) is 9.29. The molecule has 1 aromatic heterocycles. The van der Waals surface area contributed by atoms with Gasteiger partial charge < -0.3 is 9.64 Å². The monoisotopic (exact) mass is 411 g/mol. The van der Waals surface area contributed by atoms with Crippen molar-refractivity contribution >= 4 is 11.9 Å². The summed E-state index contributed by atoms with van der Waals surface area (Å²) >= 11 is 0. The number of hydrogen-bond acceptors (Lipinski definition) is 4. The van der Waals surface area contributed by atoms with Gasteiger partial charge in [-0.3, -0.25) is 4.79 Å². The van der Waals surface area contributed by atoms with E-state index in [1.54, 1.807) is 17.7 Å². The Hall–Kier alpha value is -2.63. The van der Waals surface area contributed by atoms with Gasteiger partial charge in [-0.15, -0.1) is 0 Å². The Balaban J connectivity index is 1.86. The van der Waals surface area contributed by atoms with Crippen LogP contribution in [0.5, 0.6) is 0 Å². The van der Waals surface area contributed by atoms with Crippen LogP contribution in [0, 0.1) is 0 Å². The molecule has 162 valence electrons. The highest BCUT2D eigenvalue weighted by atomic mass is 16.5. The Kier molecular flexibility index (Phi) is 6.95. The lowest BCUT2D eigenvalue weighted by Gasteiger charge is -2.25. The number of aromatic nitrogens is 2. The lowest BCUT2D eigenvalue weighted by molar-refractivity contribution is 0.0518. The van der Waals surface area contributed by atoms with Crippen LogP contribution in [0.25, 0.3) is 5.69 Å². The molecule has 1 saturated heterocycles. The molecule has 2 heterocycles. The molecular weight excluding hydrogens is 378 g/mol. The zero-order valence-corrected chi connectivity index (χ0v) is 18.6. The van der Waals surface area contributed by atoms with Gasteiger partial charge in [0.2, 0.25) is 0 Å². The number of hydrogen-bond donors (Lipinski definition) is 0. The third-order valence-electron chi connectivity index (χ3n) is 5.46. The molecule has 1 aliphatic heterocycles. The number of ether oxygens (including phenoxy) is 1. The SMILES string of the molecule is CCOC(=O)c1cc(C(C)(C)C)n(-c2ccc(C(=O)N3CCCCCCC3)cc2)n1. The molecule has 6 heteroatoms. The van der Waals surface area contributed by atoms with Crippen LogP contribution < -0.4 is 0 Å². The predicted octanol–water partition coefficient (Wildman–Crippen LogP) is 4.75. The average Bonchev–Trinajstić information content (AvgIpc) is 3.14. The predicted molar refractivity (Wildman–Crippen MR) is 117 cm³/mol. The van der Waals surface area contributed by atoms with E-state index in [1.807, 2.05) is 29.2 Å². The highest BCUT2D eigenvalue weighted by molar-refractivity contribution is 5.94. The largest absolute Gasteiger partial charge is 0.461 e. The van der Waals surface area contributed by atoms with Gasteiger partial charge in [0, 0.05) is 24.1 Å². The number of carbonyl (C=O) groups is 2. The molecule has 1 fully saturated rings. The number of likely N-dealkylation sites (tertiary alicyclic amines) is 1. The Labute approximate surface area is 179 Å². The van der Waals surface area contributed by atoms with Crippen LogP contribution in [0.3, 0.4) is 0 Å². The summed E-state index contributed by atoms with van der Waals surface area (Å²) < 4.78 is 6.89. The molecule has 0 bridgehead atoms. The van der Waals surface area contributed by atoms with Crippen LogP contribution in [0.15, 0.2) is 30.3 Å². The maximum absolute atomic E-state index is 12.9. The number of carbonyl (C=O) groups excluding carboxylic acids is 2. The Morgan fingerprint density at radius 1 is 1.00 bits per heavy atom. The van der Waals surface area contributed by atoms with E-state index >= 15 is 0 Å². The van der Waals surface area contributed by atoms with Gasteiger partial charge in [-0.2, -0.15) is 5.10 Å². The molecule has 2 aromatic rings. The molecule has 30 heavy (non-hydrogen) atoms. The molecule has 0 spiro atoms. The van der Waals surface area contributed by atoms with E-state index in [1.165, 1.54) is 19.3 Å². The fourth-order valence-corrected chi connectivity index (χ4v) is 3.80. The first kappa shape index (κ1) is 22.1. The number of nitrogens with zero attached hydrogens (tertiary/aromatic N) is 3. The van der Waals surface area contributed by atoms with Gasteiger partial charge >= 0.3 is 5.97 Å². The van der Waals surface area contributed by atoms with Crippen LogP contribution in [-0.4, -0.2) is 46.3 Å². The van der Waals surface area contributed by atoms with Crippen molar-refractivity contribution < 1.29 is 14.3 Å². The van der Waals surface area contributed by atoms with Crippen molar-refractivity contribution in [3.8, 4) is 5.69 Å². The van der Waals surface area contributed by atoms with Crippen LogP contribution in [0.1, 0.15) is 86.3 Å². The normalized spacial score (nSPS) is 15.4. The Morgan fingerprint density at radius 3 is 2.17 bits per heavy atom. The molecule has 0 atom stereocenters. The Morgan fingerprint density at radius 2 is 1.60 bits per heavy atom. The van der Waals surface area contributed by atoms with E-state index in [4.69, 9.17) is 4.74 Å². The standard InChI is InChI=1S/C24H33N3O3/c1-5-30-23(29)20-17-21(24(2,3)4)27(25-20)19-13-11-18(12-14-19)22(28)26-15-9-7-6-8-10-16-26/h11-14,17H,5-10,15-16H2,1-4H3. The zero-order chi connectivity index (χ0) is 21.7. The van der Waals surface area contributed by atoms with Gasteiger partial charge in [-0.05, 0) is 50.1 Å². The van der Waals surface area contributed by atoms with Gasteiger partial charge in [0.15, 0.2) is 5.69 Å². The smallest absolute Gasteiger partial charge is 0.358 e. The highest BCUT2D eigenvalue weighted by Gasteiger charge is 2.25. The lowest BCUT2D eigenvalue weighted by atomic mass is 9.91. The third kappa shape index (κ3) is 5.10. The minimum atomic E-state index is -0.425. The topological polar surface area (TPSA) is 64.4 Å². The minimum Gasteiger partial charge on any atom is -0.461 e. The van der Waals surface area contributed by atoms with Gasteiger partial charge in [0.05, 0.1) is 18.0 Å². The van der Waals surface area contributed by atoms with E-state index in [0.29, 0.717) is 17.9 Å². The molecule has 1 amide bonds. The third-order valence-corrected chi connectivity index (χ3v) is 5.46. The maximum atomic E-state index is 12.9. The van der Waals surface area contributed by atoms with Gasteiger partial charge in [-0.25, -0.2) is 9.48 Å². The van der Waals surface area contributed by atoms with Crippen molar-refractivity contribution in [1.29, 1.82) is 0 Å². The summed E-state index contributed by atoms with van der Waals surface area (Å²) in [5, 5.41) is 4.50. The van der Waals surface area contributed by atoms with E-state index in [0.717, 1.165) is 37.3 Å². The number of esters is 1. The number of amides is 1. The first-order valence-electron chi connectivity index (χ1n) is 11.0.